The molecule has 0 unspecified atom stereocenters. The summed E-state index contributed by atoms with van der Waals surface area (Å²) >= 11 is 13.3. The molecule has 1 aromatic heterocycles. The first kappa shape index (κ1) is 24.5. The van der Waals surface area contributed by atoms with Gasteiger partial charge < -0.3 is 10.4 Å². The van der Waals surface area contributed by atoms with Crippen LogP contribution in [0.4, 0.5) is 5.69 Å². The van der Waals surface area contributed by atoms with E-state index in [1.54, 1.807) is 24.3 Å². The van der Waals surface area contributed by atoms with Crippen molar-refractivity contribution in [3.05, 3.63) is 74.7 Å². The van der Waals surface area contributed by atoms with E-state index in [0.717, 1.165) is 49.2 Å². The fourth-order valence-corrected chi connectivity index (χ4v) is 5.18. The minimum absolute atomic E-state index is 0.00788. The molecule has 1 aliphatic carbocycles. The van der Waals surface area contributed by atoms with Crippen LogP contribution in [-0.2, 0) is 4.79 Å². The number of rotatable bonds is 6. The van der Waals surface area contributed by atoms with Crippen LogP contribution in [0, 0.1) is 6.92 Å². The van der Waals surface area contributed by atoms with Crippen LogP contribution in [0.1, 0.15) is 59.8 Å². The molecule has 9 heteroatoms. The number of aromatic hydroxyl groups is 1. The maximum Gasteiger partial charge on any atom is 0.280 e. The Morgan fingerprint density at radius 2 is 1.71 bits per heavy atom. The van der Waals surface area contributed by atoms with Gasteiger partial charge in [-0.15, -0.1) is 0 Å². The fraction of sp³-hybridized carbons (Fsp3) is 0.320. The number of carbonyl (C=O) groups excluding carboxylic acids is 2. The highest BCUT2D eigenvalue weighted by Crippen LogP contribution is 2.35. The van der Waals surface area contributed by atoms with Gasteiger partial charge in [0, 0.05) is 11.7 Å². The second-order valence-corrected chi connectivity index (χ2v) is 10.2. The Labute approximate surface area is 212 Å². The molecule has 6 nitrogen and oxygen atoms in total. The van der Waals surface area contributed by atoms with Gasteiger partial charge in [-0.3, -0.25) is 14.5 Å². The fourth-order valence-electron chi connectivity index (χ4n) is 4.20. The maximum absolute atomic E-state index is 13.8. The monoisotopic (exact) mass is 517 g/mol. The highest BCUT2D eigenvalue weighted by molar-refractivity contribution is 7.11. The summed E-state index contributed by atoms with van der Waals surface area (Å²) in [6.07, 6.45) is 5.08. The van der Waals surface area contributed by atoms with Gasteiger partial charge in [0.15, 0.2) is 5.69 Å². The largest absolute Gasteiger partial charge is 0.508 e. The summed E-state index contributed by atoms with van der Waals surface area (Å²) in [6.45, 7) is 1.94. The van der Waals surface area contributed by atoms with Crippen molar-refractivity contribution < 1.29 is 14.7 Å². The SMILES string of the molecule is Cc1ccc(N(C(=O)c2nsc(Cl)c2Cl)[C@H](C(=O)NC2CCCCC2)c2ccc(O)cc2)cc1. The van der Waals surface area contributed by atoms with Gasteiger partial charge in [0.25, 0.3) is 5.91 Å². The second-order valence-electron chi connectivity index (χ2n) is 8.47. The lowest BCUT2D eigenvalue weighted by molar-refractivity contribution is -0.123. The Morgan fingerprint density at radius 3 is 2.29 bits per heavy atom. The van der Waals surface area contributed by atoms with Crippen molar-refractivity contribution in [2.24, 2.45) is 0 Å². The van der Waals surface area contributed by atoms with E-state index in [4.69, 9.17) is 23.2 Å². The number of anilines is 1. The van der Waals surface area contributed by atoms with Crippen molar-refractivity contribution >= 4 is 52.2 Å². The number of phenols is 1. The Balaban J connectivity index is 1.81. The van der Waals surface area contributed by atoms with Crippen LogP contribution < -0.4 is 10.2 Å². The summed E-state index contributed by atoms with van der Waals surface area (Å²) in [5.41, 5.74) is 2.08. The van der Waals surface area contributed by atoms with Gasteiger partial charge >= 0.3 is 0 Å². The van der Waals surface area contributed by atoms with E-state index in [1.807, 2.05) is 19.1 Å². The zero-order valence-corrected chi connectivity index (χ0v) is 21.0. The molecule has 2 N–H and O–H groups in total. The number of hydrogen-bond donors (Lipinski definition) is 2. The van der Waals surface area contributed by atoms with Crippen molar-refractivity contribution in [3.63, 3.8) is 0 Å². The summed E-state index contributed by atoms with van der Waals surface area (Å²) in [4.78, 5) is 29.0. The number of halogens is 2. The van der Waals surface area contributed by atoms with E-state index in [2.05, 4.69) is 9.69 Å². The molecule has 0 aliphatic heterocycles. The van der Waals surface area contributed by atoms with Crippen molar-refractivity contribution in [1.29, 1.82) is 0 Å². The van der Waals surface area contributed by atoms with Crippen LogP contribution >= 0.6 is 34.7 Å². The van der Waals surface area contributed by atoms with Gasteiger partial charge in [-0.25, -0.2) is 0 Å². The molecule has 4 rings (SSSR count). The summed E-state index contributed by atoms with van der Waals surface area (Å²) in [6, 6.07) is 12.7. The van der Waals surface area contributed by atoms with Gasteiger partial charge in [0.2, 0.25) is 5.91 Å². The molecule has 1 aliphatic rings. The minimum atomic E-state index is -1.01. The first-order valence-electron chi connectivity index (χ1n) is 11.2. The third-order valence-corrected chi connectivity index (χ3v) is 7.61. The summed E-state index contributed by atoms with van der Waals surface area (Å²) < 4.78 is 4.37. The number of hydrogen-bond acceptors (Lipinski definition) is 5. The molecule has 1 fully saturated rings. The van der Waals surface area contributed by atoms with E-state index < -0.39 is 11.9 Å². The first-order valence-corrected chi connectivity index (χ1v) is 12.7. The van der Waals surface area contributed by atoms with E-state index in [9.17, 15) is 14.7 Å². The Bertz CT molecular complexity index is 1160. The molecule has 34 heavy (non-hydrogen) atoms. The van der Waals surface area contributed by atoms with Crippen molar-refractivity contribution in [2.75, 3.05) is 4.90 Å². The zero-order valence-electron chi connectivity index (χ0n) is 18.6. The quantitative estimate of drug-likeness (QED) is 0.401. The highest BCUT2D eigenvalue weighted by Gasteiger charge is 2.36. The number of nitrogens with one attached hydrogen (secondary N) is 1. The molecule has 0 saturated heterocycles. The lowest BCUT2D eigenvalue weighted by Gasteiger charge is -2.33. The average Bonchev–Trinajstić information content (AvgIpc) is 3.17. The molecule has 0 radical (unpaired) electrons. The van der Waals surface area contributed by atoms with Gasteiger partial charge in [0.05, 0.1) is 0 Å². The molecular formula is C25H25Cl2N3O3S. The van der Waals surface area contributed by atoms with Crippen LogP contribution in [0.3, 0.4) is 0 Å². The molecule has 1 heterocycles. The van der Waals surface area contributed by atoms with Gasteiger partial charge in [-0.2, -0.15) is 4.37 Å². The third kappa shape index (κ3) is 5.37. The molecule has 1 atom stereocenters. The van der Waals surface area contributed by atoms with E-state index in [0.29, 0.717) is 11.3 Å². The standard InChI is InChI=1S/C25H25Cl2N3O3S/c1-15-7-11-18(12-8-15)30(25(33)21-20(26)23(27)34-29-21)22(16-9-13-19(31)14-10-16)24(32)28-17-5-3-2-4-6-17/h7-14,17,22,31H,2-6H2,1H3,(H,28,32)/t22-/m0/s1. The number of aromatic nitrogens is 1. The Hall–Kier alpha value is -2.61. The number of carbonyl (C=O) groups is 2. The number of phenolic OH excluding ortho intramolecular Hbond substituents is 1. The molecule has 1 saturated carbocycles. The number of amides is 2. The van der Waals surface area contributed by atoms with Crippen LogP contribution in [0.5, 0.6) is 5.75 Å². The van der Waals surface area contributed by atoms with Gasteiger partial charge in [-0.05, 0) is 61.1 Å². The number of nitrogens with zero attached hydrogens (tertiary/aromatic N) is 2. The van der Waals surface area contributed by atoms with Crippen LogP contribution in [0.2, 0.25) is 9.36 Å². The van der Waals surface area contributed by atoms with Crippen molar-refractivity contribution in [3.8, 4) is 5.75 Å². The maximum atomic E-state index is 13.8. The summed E-state index contributed by atoms with van der Waals surface area (Å²) in [5.74, 6) is -0.768. The molecular weight excluding hydrogens is 493 g/mol. The van der Waals surface area contributed by atoms with Gasteiger partial charge in [0.1, 0.15) is 21.2 Å². The van der Waals surface area contributed by atoms with E-state index in [1.165, 1.54) is 17.0 Å². The van der Waals surface area contributed by atoms with Crippen LogP contribution in [0.15, 0.2) is 48.5 Å². The number of benzene rings is 2. The molecule has 0 spiro atoms. The Morgan fingerprint density at radius 1 is 1.06 bits per heavy atom. The van der Waals surface area contributed by atoms with E-state index in [-0.39, 0.29) is 32.8 Å². The second kappa shape index (κ2) is 10.8. The summed E-state index contributed by atoms with van der Waals surface area (Å²) in [7, 11) is 0. The van der Waals surface area contributed by atoms with Crippen LogP contribution in [0.25, 0.3) is 0 Å². The first-order chi connectivity index (χ1) is 16.3. The normalized spacial score (nSPS) is 15.0. The third-order valence-electron chi connectivity index (χ3n) is 6.00. The molecule has 178 valence electrons. The van der Waals surface area contributed by atoms with Gasteiger partial charge in [-0.1, -0.05) is 72.3 Å². The highest BCUT2D eigenvalue weighted by atomic mass is 35.5. The predicted molar refractivity (Wildman–Crippen MR) is 136 cm³/mol. The summed E-state index contributed by atoms with van der Waals surface area (Å²) in [5, 5.41) is 13.0. The molecule has 2 amide bonds. The lowest BCUT2D eigenvalue weighted by Crippen LogP contribution is -2.47. The zero-order chi connectivity index (χ0) is 24.2. The van der Waals surface area contributed by atoms with Crippen LogP contribution in [-0.4, -0.2) is 27.3 Å². The minimum Gasteiger partial charge on any atom is -0.508 e. The average molecular weight is 518 g/mol. The molecule has 3 aromatic rings. The predicted octanol–water partition coefficient (Wildman–Crippen LogP) is 6.30. The van der Waals surface area contributed by atoms with Crippen molar-refractivity contribution in [1.82, 2.24) is 9.69 Å². The molecule has 2 aromatic carbocycles. The Kier molecular flexibility index (Phi) is 7.76. The van der Waals surface area contributed by atoms with Crippen molar-refractivity contribution in [2.45, 2.75) is 51.1 Å². The number of aryl methyl sites for hydroxylation is 1. The smallest absolute Gasteiger partial charge is 0.280 e. The lowest BCUT2D eigenvalue weighted by atomic mass is 9.94. The molecule has 0 bridgehead atoms. The van der Waals surface area contributed by atoms with E-state index >= 15 is 0 Å². The topological polar surface area (TPSA) is 82.5 Å².